The van der Waals surface area contributed by atoms with Gasteiger partial charge in [0.25, 0.3) is 29.5 Å². The SMILES string of the molecule is C.C#CN1CC(c2ccc(F)c(F)c2)[C@H](NC(=O)Nc2c(C)c(-c3cnn(C)c3)nn2C)C1.C#CN1CC[C@@H](NS(=O)(=O)c2cccc(C(=O)NC3CCN(C#N)C3)c2)C1.CN1CCCC(NC(=O)c2ccc(-c3ccccc3)cc2)C1.Cc1ccc(C(=O)N[C@@H]2CCN(C#N)C2)cc1.N#CN1CCC(NC(=O)c2ccc(-c3ccccc3)cc2)C1.N#CN1CCC(NC(=O)c2cccc(S(=O)(=O)NC3CCCC3)c2)C1. The number of carbonyl (C=O) groups is 6. The molecule has 5 unspecified atom stereocenters. The molecular weight excluding hydrogens is 1900 g/mol. The van der Waals surface area contributed by atoms with Gasteiger partial charge in [-0.05, 0) is 198 Å². The second kappa shape index (κ2) is 52.0. The molecular formula is C108H124F2N24O10S2. The molecule has 34 nitrogen and oxygen atoms in total. The second-order valence-electron chi connectivity index (χ2n) is 37.1. The molecule has 8 aliphatic rings. The number of hydrogen-bond donors (Lipinski definition) is 9. The van der Waals surface area contributed by atoms with Gasteiger partial charge in [-0.15, -0.1) is 0 Å². The van der Waals surface area contributed by atoms with Gasteiger partial charge in [-0.25, -0.2) is 39.9 Å². The maximum atomic E-state index is 13.8. The number of carbonyl (C=O) groups excluding carboxylic acids is 6. The van der Waals surface area contributed by atoms with Gasteiger partial charge in [0.15, 0.2) is 36.4 Å². The van der Waals surface area contributed by atoms with Gasteiger partial charge in [-0.3, -0.25) is 38.7 Å². The van der Waals surface area contributed by atoms with Gasteiger partial charge < -0.3 is 66.2 Å². The number of hydrogen-bond acceptors (Lipinski definition) is 23. The first-order valence-corrected chi connectivity index (χ1v) is 51.2. The zero-order valence-corrected chi connectivity index (χ0v) is 83.2. The fourth-order valence-electron chi connectivity index (χ4n) is 18.4. The van der Waals surface area contributed by atoms with Crippen LogP contribution < -0.4 is 46.7 Å². The quantitative estimate of drug-likeness (QED) is 0.0225. The number of piperidine rings is 1. The Morgan fingerprint density at radius 2 is 0.801 bits per heavy atom. The normalized spacial score (nSPS) is 19.3. The van der Waals surface area contributed by atoms with E-state index >= 15 is 0 Å². The molecule has 0 spiro atoms. The minimum absolute atomic E-state index is 0. The lowest BCUT2D eigenvalue weighted by Crippen LogP contribution is -2.46. The Balaban J connectivity index is 0.000000157. The highest BCUT2D eigenvalue weighted by atomic mass is 32.2. The monoisotopic (exact) mass is 2020 g/mol. The molecule has 0 bridgehead atoms. The number of likely N-dealkylation sites (tertiary alicyclic amines) is 7. The van der Waals surface area contributed by atoms with Crippen molar-refractivity contribution in [1.82, 2.24) is 95.2 Å². The number of nitrogens with one attached hydrogen (secondary N) is 9. The fraction of sp³-hybridized carbons (Fsp3) is 0.370. The number of nitriles is 4. The average Bonchev–Trinajstić information content (AvgIpc) is 1.64. The zero-order chi connectivity index (χ0) is 103. The number of halogens is 2. The summed E-state index contributed by atoms with van der Waals surface area (Å²) in [6.45, 7) is 12.7. The number of terminal acetylenes is 2. The molecule has 146 heavy (non-hydrogen) atoms. The van der Waals surface area contributed by atoms with E-state index in [2.05, 4.69) is 118 Å². The average molecular weight is 2020 g/mol. The molecule has 1 saturated carbocycles. The Labute approximate surface area is 853 Å². The molecule has 2 aromatic heterocycles. The van der Waals surface area contributed by atoms with E-state index < -0.39 is 37.7 Å². The Kier molecular flexibility index (Phi) is 38.9. The Bertz CT molecular complexity index is 6690. The number of rotatable bonds is 22. The van der Waals surface area contributed by atoms with Crippen molar-refractivity contribution in [3.63, 3.8) is 0 Å². The lowest BCUT2D eigenvalue weighted by Gasteiger charge is -2.30. The molecule has 8 aromatic carbocycles. The van der Waals surface area contributed by atoms with Crippen molar-refractivity contribution in [2.45, 2.75) is 156 Å². The molecule has 9 N–H and O–H groups in total. The van der Waals surface area contributed by atoms with E-state index in [0.29, 0.717) is 119 Å². The lowest BCUT2D eigenvalue weighted by molar-refractivity contribution is 0.0907. The van der Waals surface area contributed by atoms with E-state index in [4.69, 9.17) is 33.9 Å². The first-order chi connectivity index (χ1) is 69.8. The Morgan fingerprint density at radius 1 is 0.397 bits per heavy atom. The topological polar surface area (TPSA) is 432 Å². The van der Waals surface area contributed by atoms with E-state index in [9.17, 15) is 54.4 Å². The maximum absolute atomic E-state index is 13.8. The number of benzene rings is 8. The van der Waals surface area contributed by atoms with Crippen molar-refractivity contribution in [2.75, 3.05) is 104 Å². The largest absolute Gasteiger partial charge is 0.348 e. The highest BCUT2D eigenvalue weighted by molar-refractivity contribution is 7.89. The minimum atomic E-state index is -3.75. The number of anilines is 1. The third-order valence-electron chi connectivity index (χ3n) is 26.3. The molecule has 38 heteroatoms. The summed E-state index contributed by atoms with van der Waals surface area (Å²) in [6, 6.07) is 63.1. The molecule has 762 valence electrons. The number of aryl methyl sites for hydroxylation is 3. The molecule has 7 aliphatic heterocycles. The molecule has 18 rings (SSSR count). The van der Waals surface area contributed by atoms with Crippen LogP contribution in [0.5, 0.6) is 0 Å². The van der Waals surface area contributed by atoms with Crippen molar-refractivity contribution in [3.05, 3.63) is 269 Å². The summed E-state index contributed by atoms with van der Waals surface area (Å²) in [5, 5.41) is 64.5. The second-order valence-corrected chi connectivity index (χ2v) is 40.5. The molecule has 7 amide bonds. The Hall–Kier alpha value is -15.7. The first-order valence-electron chi connectivity index (χ1n) is 48.2. The maximum Gasteiger partial charge on any atom is 0.320 e. The number of nitrogens with zero attached hydrogens (tertiary/aromatic N) is 15. The van der Waals surface area contributed by atoms with E-state index in [1.165, 1.54) is 35.9 Å². The van der Waals surface area contributed by atoms with Crippen LogP contribution >= 0.6 is 0 Å². The summed E-state index contributed by atoms with van der Waals surface area (Å²) >= 11 is 0. The minimum Gasteiger partial charge on any atom is -0.348 e. The van der Waals surface area contributed by atoms with Crippen LogP contribution in [0.1, 0.15) is 152 Å². The molecule has 8 fully saturated rings. The molecule has 7 saturated heterocycles. The number of sulfonamides is 2. The zero-order valence-electron chi connectivity index (χ0n) is 81.6. The summed E-state index contributed by atoms with van der Waals surface area (Å²) in [6.07, 6.45) is 32.5. The standard InChI is InChI=1S/C22H23F2N7O.C19H22N2O.C18H21N5O3S.C18H17N3O.C17H22N4O3S.C13H15N3O.CH4/c1-5-31-11-16(14-6-7-17(23)18(24)8-14)19(12-31)26-22(32)27-21-13(2)20(28-30(21)4)15-9-25-29(3)10-15;1-21-13-5-8-18(14-21)20-19(22)17-11-9-16(10-12-17)15-6-3-2-4-7-15;1-2-22-8-7-16(12-22)21-27(25,26)17-5-3-4-14(10-17)18(24)20-15-6-9-23(11-15)13-19;19-13-21-11-10-17(12-21)20-18(22)16-8-6-15(7-9-16)14-4-2-1-3-5-14;18-12-21-9-8-15(11-21)19-17(22)13-4-3-7-16(10-13)25(23,24)20-14-5-1-2-6-14;1-10-2-4-11(5-3-10)13(17)15-12-6-7-16(8-12)9-14;/h1,6-10,16,19H,11-12H2,2-4H3,(H2,26,27,32);2-4,6-7,9-12,18H,5,8,13-14H2,1H3,(H,20,22);1,3-5,10,15-16,21H,6-9,11-12H2,(H,20,24);1-9,17H,10-12H2,(H,20,22);3-4,7,10,14-15,20H,1-2,5-6,8-9,11H2,(H,19,22);2-5,12H,6-8H2,1H3,(H,15,17);1H4/t16?,19-;;15?,16-;;;12-;/m1.1..1./s1. The lowest BCUT2D eigenvalue weighted by atomic mass is 9.94. The molecule has 1 aliphatic carbocycles. The highest BCUT2D eigenvalue weighted by Crippen LogP contribution is 2.33. The fourth-order valence-corrected chi connectivity index (χ4v) is 21.0. The summed E-state index contributed by atoms with van der Waals surface area (Å²) in [5.74, 6) is -2.38. The summed E-state index contributed by atoms with van der Waals surface area (Å²) < 4.78 is 86.1. The van der Waals surface area contributed by atoms with Crippen molar-refractivity contribution in [3.8, 4) is 83.2 Å². The van der Waals surface area contributed by atoms with E-state index in [0.717, 1.165) is 128 Å². The molecule has 10 aromatic rings. The third kappa shape index (κ3) is 30.7. The van der Waals surface area contributed by atoms with Gasteiger partial charge in [0.05, 0.1) is 22.0 Å². The van der Waals surface area contributed by atoms with Crippen LogP contribution in [0.25, 0.3) is 33.5 Å². The smallest absolute Gasteiger partial charge is 0.320 e. The van der Waals surface area contributed by atoms with Crippen molar-refractivity contribution in [1.29, 1.82) is 21.0 Å². The van der Waals surface area contributed by atoms with Crippen LogP contribution in [0.3, 0.4) is 0 Å². The van der Waals surface area contributed by atoms with Crippen LogP contribution in [0.4, 0.5) is 19.4 Å². The van der Waals surface area contributed by atoms with Crippen molar-refractivity contribution in [2.24, 2.45) is 14.1 Å². The summed E-state index contributed by atoms with van der Waals surface area (Å²) in [5.41, 5.74) is 11.2. The van der Waals surface area contributed by atoms with Crippen LogP contribution in [0.15, 0.2) is 222 Å². The number of amides is 7. The van der Waals surface area contributed by atoms with Crippen molar-refractivity contribution >= 4 is 61.4 Å². The summed E-state index contributed by atoms with van der Waals surface area (Å²) in [4.78, 5) is 86.5. The highest BCUT2D eigenvalue weighted by Gasteiger charge is 2.37. The van der Waals surface area contributed by atoms with E-state index in [1.54, 1.807) is 76.3 Å². The van der Waals surface area contributed by atoms with Gasteiger partial charge in [0.2, 0.25) is 20.0 Å². The van der Waals surface area contributed by atoms with E-state index in [1.807, 2.05) is 148 Å². The van der Waals surface area contributed by atoms with Gasteiger partial charge in [-0.1, -0.05) is 154 Å². The van der Waals surface area contributed by atoms with Gasteiger partial charge in [0.1, 0.15) is 11.5 Å². The van der Waals surface area contributed by atoms with Gasteiger partial charge in [-0.2, -0.15) is 31.2 Å². The van der Waals surface area contributed by atoms with Crippen molar-refractivity contribution < 1.29 is 54.4 Å². The predicted octanol–water partition coefficient (Wildman–Crippen LogP) is 11.4. The predicted molar refractivity (Wildman–Crippen MR) is 552 cm³/mol. The van der Waals surface area contributed by atoms with E-state index in [-0.39, 0.29) is 107 Å². The first kappa shape index (κ1) is 109. The van der Waals surface area contributed by atoms with Gasteiger partial charge in [0, 0.05) is 205 Å². The number of likely N-dealkylation sites (N-methyl/N-ethyl adjacent to an activating group) is 1. The van der Waals surface area contributed by atoms with Crippen LogP contribution in [0.2, 0.25) is 0 Å². The molecule has 0 radical (unpaired) electrons. The van der Waals surface area contributed by atoms with Crippen LogP contribution in [-0.4, -0.2) is 253 Å². The third-order valence-corrected chi connectivity index (χ3v) is 29.3. The van der Waals surface area contributed by atoms with Crippen LogP contribution in [0, 0.1) is 96.2 Å². The summed E-state index contributed by atoms with van der Waals surface area (Å²) in [7, 11) is -1.71. The molecule has 8 atom stereocenters. The Morgan fingerprint density at radius 3 is 1.21 bits per heavy atom. The van der Waals surface area contributed by atoms with Gasteiger partial charge >= 0.3 is 6.03 Å². The number of urea groups is 1. The number of aromatic nitrogens is 4. The molecule has 9 heterocycles. The van der Waals surface area contributed by atoms with Crippen LogP contribution in [-0.2, 0) is 34.1 Å².